The van der Waals surface area contributed by atoms with Crippen LogP contribution >= 0.6 is 43.2 Å². The fourth-order valence-corrected chi connectivity index (χ4v) is 3.68. The van der Waals surface area contributed by atoms with E-state index in [1.54, 1.807) is 11.3 Å². The van der Waals surface area contributed by atoms with Gasteiger partial charge in [-0.25, -0.2) is 0 Å². The lowest BCUT2D eigenvalue weighted by molar-refractivity contribution is 1.36. The first-order chi connectivity index (χ1) is 6.24. The highest BCUT2D eigenvalue weighted by Crippen LogP contribution is 2.34. The van der Waals surface area contributed by atoms with Crippen molar-refractivity contribution < 1.29 is 0 Å². The molecule has 1 aromatic heterocycles. The molecule has 0 aliphatic rings. The van der Waals surface area contributed by atoms with Crippen LogP contribution in [0.3, 0.4) is 0 Å². The Kier molecular flexibility index (Phi) is 2.77. The molecule has 1 aromatic carbocycles. The van der Waals surface area contributed by atoms with Gasteiger partial charge in [-0.15, -0.1) is 11.3 Å². The molecule has 0 atom stereocenters. The molecular formula is C10H8Br2S. The molecule has 0 bridgehead atoms. The number of benzene rings is 1. The highest BCUT2D eigenvalue weighted by Gasteiger charge is 2.07. The third-order valence-corrected chi connectivity index (χ3v) is 4.48. The molecule has 0 spiro atoms. The Morgan fingerprint density at radius 1 is 1.46 bits per heavy atom. The molecule has 0 N–H and O–H groups in total. The number of hydrogen-bond acceptors (Lipinski definition) is 1. The van der Waals surface area contributed by atoms with Crippen LogP contribution in [0.5, 0.6) is 0 Å². The van der Waals surface area contributed by atoms with Crippen LogP contribution in [0.25, 0.3) is 10.1 Å². The van der Waals surface area contributed by atoms with Gasteiger partial charge in [0.1, 0.15) is 0 Å². The third kappa shape index (κ3) is 1.58. The molecule has 0 amide bonds. The number of fused-ring (bicyclic) bond motifs is 1. The monoisotopic (exact) mass is 318 g/mol. The van der Waals surface area contributed by atoms with Gasteiger partial charge >= 0.3 is 0 Å². The molecule has 0 unspecified atom stereocenters. The Balaban J connectivity index is 2.85. The second-order valence-corrected chi connectivity index (χ2v) is 5.27. The smallest absolute Gasteiger partial charge is 0.0386 e. The van der Waals surface area contributed by atoms with E-state index in [4.69, 9.17) is 0 Å². The van der Waals surface area contributed by atoms with Gasteiger partial charge in [0.05, 0.1) is 0 Å². The summed E-state index contributed by atoms with van der Waals surface area (Å²) >= 11 is 8.89. The Labute approximate surface area is 98.2 Å². The van der Waals surface area contributed by atoms with Crippen LogP contribution in [-0.2, 0) is 5.33 Å². The maximum Gasteiger partial charge on any atom is 0.0386 e. The number of alkyl halides is 1. The normalized spacial score (nSPS) is 11.0. The highest BCUT2D eigenvalue weighted by atomic mass is 79.9. The summed E-state index contributed by atoms with van der Waals surface area (Å²) in [6.45, 7) is 2.18. The lowest BCUT2D eigenvalue weighted by Crippen LogP contribution is -1.84. The van der Waals surface area contributed by atoms with E-state index in [1.807, 2.05) is 0 Å². The predicted molar refractivity (Wildman–Crippen MR) is 66.9 cm³/mol. The van der Waals surface area contributed by atoms with E-state index in [0.717, 1.165) is 5.33 Å². The first-order valence-corrected chi connectivity index (χ1v) is 6.74. The van der Waals surface area contributed by atoms with Crippen molar-refractivity contribution in [2.45, 2.75) is 12.3 Å². The number of thiophene rings is 1. The maximum atomic E-state index is 3.59. The van der Waals surface area contributed by atoms with Crippen molar-refractivity contribution in [3.8, 4) is 0 Å². The van der Waals surface area contributed by atoms with Crippen molar-refractivity contribution in [1.82, 2.24) is 0 Å². The lowest BCUT2D eigenvalue weighted by Gasteiger charge is -2.05. The summed E-state index contributed by atoms with van der Waals surface area (Å²) < 4.78 is 2.59. The van der Waals surface area contributed by atoms with Crippen LogP contribution in [0.1, 0.15) is 11.1 Å². The molecule has 1 heterocycles. The predicted octanol–water partition coefficient (Wildman–Crippen LogP) is 4.87. The van der Waals surface area contributed by atoms with Gasteiger partial charge in [-0.05, 0) is 35.6 Å². The zero-order valence-corrected chi connectivity index (χ0v) is 11.1. The molecule has 2 rings (SSSR count). The van der Waals surface area contributed by atoms with E-state index in [2.05, 4.69) is 56.3 Å². The average molecular weight is 320 g/mol. The molecule has 0 saturated carbocycles. The Morgan fingerprint density at radius 3 is 2.92 bits per heavy atom. The molecule has 68 valence electrons. The van der Waals surface area contributed by atoms with Gasteiger partial charge < -0.3 is 0 Å². The molecule has 0 nitrogen and oxygen atoms in total. The summed E-state index contributed by atoms with van der Waals surface area (Å²) in [5.41, 5.74) is 2.76. The van der Waals surface area contributed by atoms with Crippen molar-refractivity contribution in [2.75, 3.05) is 0 Å². The van der Waals surface area contributed by atoms with Gasteiger partial charge in [0.15, 0.2) is 0 Å². The SMILES string of the molecule is Cc1c(CBr)cc(Br)c2ccsc12. The number of hydrogen-bond donors (Lipinski definition) is 0. The summed E-state index contributed by atoms with van der Waals surface area (Å²) in [7, 11) is 0. The van der Waals surface area contributed by atoms with Crippen molar-refractivity contribution in [1.29, 1.82) is 0 Å². The summed E-state index contributed by atoms with van der Waals surface area (Å²) in [6, 6.07) is 4.36. The van der Waals surface area contributed by atoms with Crippen molar-refractivity contribution in [3.63, 3.8) is 0 Å². The Bertz CT molecular complexity index is 445. The lowest BCUT2D eigenvalue weighted by atomic mass is 10.1. The van der Waals surface area contributed by atoms with Gasteiger partial charge in [0.2, 0.25) is 0 Å². The Morgan fingerprint density at radius 2 is 2.23 bits per heavy atom. The van der Waals surface area contributed by atoms with Crippen LogP contribution in [-0.4, -0.2) is 0 Å². The first-order valence-electron chi connectivity index (χ1n) is 3.95. The zero-order valence-electron chi connectivity index (χ0n) is 7.10. The van der Waals surface area contributed by atoms with Crippen molar-refractivity contribution in [2.24, 2.45) is 0 Å². The summed E-state index contributed by atoms with van der Waals surface area (Å²) in [6.07, 6.45) is 0. The van der Waals surface area contributed by atoms with Crippen LogP contribution < -0.4 is 0 Å². The fourth-order valence-electron chi connectivity index (χ4n) is 1.41. The summed E-state index contributed by atoms with van der Waals surface area (Å²) in [5, 5.41) is 4.39. The van der Waals surface area contributed by atoms with Crippen LogP contribution in [0, 0.1) is 6.92 Å². The second-order valence-electron chi connectivity index (χ2n) is 2.94. The van der Waals surface area contributed by atoms with Gasteiger partial charge in [-0.2, -0.15) is 0 Å². The number of aryl methyl sites for hydroxylation is 1. The maximum absolute atomic E-state index is 3.59. The van der Waals surface area contributed by atoms with E-state index < -0.39 is 0 Å². The molecule has 0 aliphatic heterocycles. The molecular weight excluding hydrogens is 312 g/mol. The standard InChI is InChI=1S/C10H8Br2S/c1-6-7(5-11)4-9(12)8-2-3-13-10(6)8/h2-4H,5H2,1H3. The second kappa shape index (κ2) is 3.71. The minimum Gasteiger partial charge on any atom is -0.143 e. The van der Waals surface area contributed by atoms with Crippen LogP contribution in [0.4, 0.5) is 0 Å². The van der Waals surface area contributed by atoms with Gasteiger partial charge in [0, 0.05) is 19.9 Å². The van der Waals surface area contributed by atoms with Gasteiger partial charge in [-0.3, -0.25) is 0 Å². The van der Waals surface area contributed by atoms with Gasteiger partial charge in [-0.1, -0.05) is 31.9 Å². The number of rotatable bonds is 1. The molecule has 2 aromatic rings. The molecule has 13 heavy (non-hydrogen) atoms. The van der Waals surface area contributed by atoms with E-state index in [9.17, 15) is 0 Å². The topological polar surface area (TPSA) is 0 Å². The average Bonchev–Trinajstić information content (AvgIpc) is 2.60. The minimum absolute atomic E-state index is 0.922. The van der Waals surface area contributed by atoms with Crippen LogP contribution in [0.15, 0.2) is 22.0 Å². The van der Waals surface area contributed by atoms with E-state index >= 15 is 0 Å². The molecule has 0 radical (unpaired) electrons. The first kappa shape index (κ1) is 9.69. The number of halogens is 2. The third-order valence-electron chi connectivity index (χ3n) is 2.19. The quantitative estimate of drug-likeness (QED) is 0.658. The fraction of sp³-hybridized carbons (Fsp3) is 0.200. The molecule has 0 aliphatic carbocycles. The Hall–Kier alpha value is 0.140. The highest BCUT2D eigenvalue weighted by molar-refractivity contribution is 9.10. The molecule has 0 saturated heterocycles. The van der Waals surface area contributed by atoms with Crippen LogP contribution in [0.2, 0.25) is 0 Å². The van der Waals surface area contributed by atoms with E-state index in [-0.39, 0.29) is 0 Å². The zero-order chi connectivity index (χ0) is 9.42. The van der Waals surface area contributed by atoms with E-state index in [0.29, 0.717) is 0 Å². The molecule has 3 heteroatoms. The summed E-state index contributed by atoms with van der Waals surface area (Å²) in [5.74, 6) is 0. The largest absolute Gasteiger partial charge is 0.143 e. The van der Waals surface area contributed by atoms with Gasteiger partial charge in [0.25, 0.3) is 0 Å². The van der Waals surface area contributed by atoms with Crippen molar-refractivity contribution in [3.05, 3.63) is 33.1 Å². The van der Waals surface area contributed by atoms with E-state index in [1.165, 1.54) is 25.7 Å². The summed E-state index contributed by atoms with van der Waals surface area (Å²) in [4.78, 5) is 0. The molecule has 0 fully saturated rings. The van der Waals surface area contributed by atoms with Crippen molar-refractivity contribution >= 4 is 53.3 Å². The minimum atomic E-state index is 0.922.